The van der Waals surface area contributed by atoms with Crippen molar-refractivity contribution in [3.63, 3.8) is 0 Å². The normalized spacial score (nSPS) is 9.92. The first-order valence-electron chi connectivity index (χ1n) is 7.12. The Labute approximate surface area is 145 Å². The first kappa shape index (κ1) is 17.6. The Morgan fingerprint density at radius 1 is 1.08 bits per heavy atom. The molecular formula is C17H18N2O4S. The van der Waals surface area contributed by atoms with Crippen LogP contribution in [0.1, 0.15) is 15.9 Å². The number of rotatable bonds is 6. The van der Waals surface area contributed by atoms with Gasteiger partial charge in [-0.25, -0.2) is 4.79 Å². The first-order chi connectivity index (χ1) is 11.5. The highest BCUT2D eigenvalue weighted by Crippen LogP contribution is 2.25. The van der Waals surface area contributed by atoms with Crippen LogP contribution in [0.4, 0.5) is 5.69 Å². The topological polar surface area (TPSA) is 79.8 Å². The maximum atomic E-state index is 10.8. The third-order valence-electron chi connectivity index (χ3n) is 3.26. The van der Waals surface area contributed by atoms with Crippen molar-refractivity contribution in [2.24, 2.45) is 0 Å². The van der Waals surface area contributed by atoms with Crippen LogP contribution >= 0.6 is 12.2 Å². The maximum Gasteiger partial charge on any atom is 0.335 e. The molecule has 0 saturated heterocycles. The lowest BCUT2D eigenvalue weighted by Gasteiger charge is -2.13. The summed E-state index contributed by atoms with van der Waals surface area (Å²) >= 11 is 5.26. The van der Waals surface area contributed by atoms with E-state index in [9.17, 15) is 4.79 Å². The fourth-order valence-corrected chi connectivity index (χ4v) is 2.19. The lowest BCUT2D eigenvalue weighted by Crippen LogP contribution is -2.27. The summed E-state index contributed by atoms with van der Waals surface area (Å²) in [5.74, 6) is 0.367. The minimum atomic E-state index is -0.946. The van der Waals surface area contributed by atoms with E-state index in [1.807, 2.05) is 0 Å². The van der Waals surface area contributed by atoms with Crippen LogP contribution in [0, 0.1) is 0 Å². The van der Waals surface area contributed by atoms with Gasteiger partial charge < -0.3 is 25.2 Å². The van der Waals surface area contributed by atoms with Gasteiger partial charge in [0.25, 0.3) is 0 Å². The van der Waals surface area contributed by atoms with E-state index in [-0.39, 0.29) is 5.56 Å². The Morgan fingerprint density at radius 2 is 1.67 bits per heavy atom. The highest BCUT2D eigenvalue weighted by atomic mass is 32.1. The smallest absolute Gasteiger partial charge is 0.335 e. The molecule has 0 aliphatic carbocycles. The summed E-state index contributed by atoms with van der Waals surface area (Å²) in [6.07, 6.45) is 0. The van der Waals surface area contributed by atoms with Crippen molar-refractivity contribution >= 4 is 29.0 Å². The summed E-state index contributed by atoms with van der Waals surface area (Å²) in [5.41, 5.74) is 1.92. The van der Waals surface area contributed by atoms with Crippen LogP contribution in [0.3, 0.4) is 0 Å². The van der Waals surface area contributed by atoms with Gasteiger partial charge in [0.2, 0.25) is 0 Å². The van der Waals surface area contributed by atoms with Crippen molar-refractivity contribution < 1.29 is 19.4 Å². The predicted octanol–water partition coefficient (Wildman–Crippen LogP) is 2.89. The standard InChI is InChI=1S/C17H18N2O4S/c1-22-14-7-13(8-15(9-14)23-2)19-17(24)18-10-11-3-5-12(6-4-11)16(20)21/h3-9H,10H2,1-2H3,(H,20,21)(H2,18,19,24). The Hall–Kier alpha value is -2.80. The maximum absolute atomic E-state index is 10.8. The van der Waals surface area contributed by atoms with Crippen molar-refractivity contribution in [3.8, 4) is 11.5 Å². The second-order valence-electron chi connectivity index (χ2n) is 4.91. The molecule has 2 aromatic rings. The zero-order valence-electron chi connectivity index (χ0n) is 13.3. The molecule has 0 heterocycles. The lowest BCUT2D eigenvalue weighted by molar-refractivity contribution is 0.0697. The molecule has 0 radical (unpaired) electrons. The van der Waals surface area contributed by atoms with Crippen LogP contribution in [0.2, 0.25) is 0 Å². The molecule has 0 amide bonds. The van der Waals surface area contributed by atoms with Gasteiger partial charge >= 0.3 is 5.97 Å². The van der Waals surface area contributed by atoms with Crippen molar-refractivity contribution in [1.82, 2.24) is 5.32 Å². The van der Waals surface area contributed by atoms with Gasteiger partial charge in [-0.3, -0.25) is 0 Å². The van der Waals surface area contributed by atoms with Crippen LogP contribution in [-0.2, 0) is 6.54 Å². The molecule has 0 aromatic heterocycles. The van der Waals surface area contributed by atoms with Gasteiger partial charge in [0.15, 0.2) is 5.11 Å². The minimum Gasteiger partial charge on any atom is -0.497 e. The molecule has 2 rings (SSSR count). The second-order valence-corrected chi connectivity index (χ2v) is 5.32. The van der Waals surface area contributed by atoms with E-state index >= 15 is 0 Å². The van der Waals surface area contributed by atoms with Gasteiger partial charge in [0.1, 0.15) is 11.5 Å². The number of aromatic carboxylic acids is 1. The van der Waals surface area contributed by atoms with Gasteiger partial charge in [0, 0.05) is 30.4 Å². The number of anilines is 1. The van der Waals surface area contributed by atoms with E-state index in [2.05, 4.69) is 10.6 Å². The molecule has 2 aromatic carbocycles. The number of methoxy groups -OCH3 is 2. The van der Waals surface area contributed by atoms with Crippen molar-refractivity contribution in [2.45, 2.75) is 6.54 Å². The largest absolute Gasteiger partial charge is 0.497 e. The van der Waals surface area contributed by atoms with E-state index in [1.54, 1.807) is 56.7 Å². The third kappa shape index (κ3) is 4.85. The molecule has 24 heavy (non-hydrogen) atoms. The molecule has 7 heteroatoms. The molecule has 0 spiro atoms. The van der Waals surface area contributed by atoms with Crippen molar-refractivity contribution in [2.75, 3.05) is 19.5 Å². The van der Waals surface area contributed by atoms with E-state index in [4.69, 9.17) is 26.8 Å². The zero-order chi connectivity index (χ0) is 17.5. The Morgan fingerprint density at radius 3 is 2.17 bits per heavy atom. The summed E-state index contributed by atoms with van der Waals surface area (Å²) < 4.78 is 10.4. The van der Waals surface area contributed by atoms with Crippen LogP contribution in [0.15, 0.2) is 42.5 Å². The average Bonchev–Trinajstić information content (AvgIpc) is 2.59. The molecule has 126 valence electrons. The molecule has 0 unspecified atom stereocenters. The molecule has 0 atom stereocenters. The SMILES string of the molecule is COc1cc(NC(=S)NCc2ccc(C(=O)O)cc2)cc(OC)c1. The monoisotopic (exact) mass is 346 g/mol. The summed E-state index contributed by atoms with van der Waals surface area (Å²) in [4.78, 5) is 10.8. The van der Waals surface area contributed by atoms with Crippen LogP contribution < -0.4 is 20.1 Å². The van der Waals surface area contributed by atoms with E-state index in [1.165, 1.54) is 0 Å². The van der Waals surface area contributed by atoms with Crippen LogP contribution in [0.5, 0.6) is 11.5 Å². The van der Waals surface area contributed by atoms with Crippen molar-refractivity contribution in [1.29, 1.82) is 0 Å². The Kier molecular flexibility index (Phi) is 5.97. The molecule has 0 aliphatic heterocycles. The Bertz CT molecular complexity index is 710. The molecule has 3 N–H and O–H groups in total. The summed E-state index contributed by atoms with van der Waals surface area (Å²) in [6.45, 7) is 0.479. The minimum absolute atomic E-state index is 0.253. The van der Waals surface area contributed by atoms with Crippen molar-refractivity contribution in [3.05, 3.63) is 53.6 Å². The zero-order valence-corrected chi connectivity index (χ0v) is 14.1. The van der Waals surface area contributed by atoms with E-state index < -0.39 is 5.97 Å². The van der Waals surface area contributed by atoms with Crippen LogP contribution in [0.25, 0.3) is 0 Å². The number of carbonyl (C=O) groups is 1. The van der Waals surface area contributed by atoms with Gasteiger partial charge in [-0.1, -0.05) is 12.1 Å². The second kappa shape index (κ2) is 8.16. The van der Waals surface area contributed by atoms with E-state index in [0.717, 1.165) is 11.3 Å². The van der Waals surface area contributed by atoms with Crippen LogP contribution in [-0.4, -0.2) is 30.4 Å². The fourth-order valence-electron chi connectivity index (χ4n) is 2.00. The molecule has 6 nitrogen and oxygen atoms in total. The number of thiocarbonyl (C=S) groups is 1. The average molecular weight is 346 g/mol. The number of carboxylic acids is 1. The number of carboxylic acid groups (broad SMARTS) is 1. The molecule has 0 aliphatic rings. The van der Waals surface area contributed by atoms with Gasteiger partial charge in [-0.05, 0) is 29.9 Å². The Balaban J connectivity index is 1.94. The summed E-state index contributed by atoms with van der Waals surface area (Å²) in [5, 5.41) is 15.4. The fraction of sp³-hybridized carbons (Fsp3) is 0.176. The number of hydrogen-bond donors (Lipinski definition) is 3. The molecule has 0 saturated carbocycles. The summed E-state index contributed by atoms with van der Waals surface area (Å²) in [7, 11) is 3.16. The number of nitrogens with one attached hydrogen (secondary N) is 2. The first-order valence-corrected chi connectivity index (χ1v) is 7.53. The molecule has 0 fully saturated rings. The predicted molar refractivity (Wildman–Crippen MR) is 96.0 cm³/mol. The lowest BCUT2D eigenvalue weighted by atomic mass is 10.1. The molecular weight excluding hydrogens is 328 g/mol. The van der Waals surface area contributed by atoms with Gasteiger partial charge in [-0.15, -0.1) is 0 Å². The highest BCUT2D eigenvalue weighted by Gasteiger charge is 2.05. The number of benzene rings is 2. The van der Waals surface area contributed by atoms with E-state index in [0.29, 0.717) is 23.2 Å². The molecule has 0 bridgehead atoms. The third-order valence-corrected chi connectivity index (χ3v) is 3.51. The van der Waals surface area contributed by atoms with Gasteiger partial charge in [-0.2, -0.15) is 0 Å². The number of hydrogen-bond acceptors (Lipinski definition) is 4. The quantitative estimate of drug-likeness (QED) is 0.694. The van der Waals surface area contributed by atoms with Gasteiger partial charge in [0.05, 0.1) is 19.8 Å². The summed E-state index contributed by atoms with van der Waals surface area (Å²) in [6, 6.07) is 12.0. The number of ether oxygens (including phenoxy) is 2. The highest BCUT2D eigenvalue weighted by molar-refractivity contribution is 7.80.